The third kappa shape index (κ3) is 5.29. The van der Waals surface area contributed by atoms with Gasteiger partial charge < -0.3 is 20.6 Å². The van der Waals surface area contributed by atoms with Crippen LogP contribution in [-0.4, -0.2) is 39.5 Å². The topological polar surface area (TPSA) is 86.9 Å². The fraction of sp³-hybridized carbons (Fsp3) is 0.304. The number of carboxylic acid groups (broad SMARTS) is 1. The summed E-state index contributed by atoms with van der Waals surface area (Å²) in [5.74, 6) is -1.60. The molecule has 1 aliphatic rings. The number of carbonyl (C=O) groups is 2. The molecule has 0 saturated heterocycles. The zero-order chi connectivity index (χ0) is 22.5. The van der Waals surface area contributed by atoms with E-state index in [2.05, 4.69) is 0 Å². The Morgan fingerprint density at radius 2 is 2.03 bits per heavy atom. The van der Waals surface area contributed by atoms with Gasteiger partial charge in [-0.05, 0) is 42.5 Å². The van der Waals surface area contributed by atoms with Gasteiger partial charge in [0.25, 0.3) is 5.91 Å². The van der Waals surface area contributed by atoms with Gasteiger partial charge in [0.2, 0.25) is 0 Å². The highest BCUT2D eigenvalue weighted by atomic mass is 35.5. The van der Waals surface area contributed by atoms with Crippen LogP contribution in [0.2, 0.25) is 5.02 Å². The molecule has 1 unspecified atom stereocenters. The summed E-state index contributed by atoms with van der Waals surface area (Å²) >= 11 is 7.87. The monoisotopic (exact) mass is 459 g/mol. The van der Waals surface area contributed by atoms with Crippen LogP contribution >= 0.6 is 22.9 Å². The Balaban J connectivity index is 2.08. The van der Waals surface area contributed by atoms with Crippen LogP contribution in [0.25, 0.3) is 0 Å². The van der Waals surface area contributed by atoms with Crippen LogP contribution in [0.1, 0.15) is 30.7 Å². The number of benzene rings is 1. The highest BCUT2D eigenvalue weighted by molar-refractivity contribution is 7.09. The first-order valence-electron chi connectivity index (χ1n) is 10.1. The fourth-order valence-electron chi connectivity index (χ4n) is 3.56. The first-order valence-corrected chi connectivity index (χ1v) is 11.3. The fourth-order valence-corrected chi connectivity index (χ4v) is 4.48. The lowest BCUT2D eigenvalue weighted by Crippen LogP contribution is -2.37. The van der Waals surface area contributed by atoms with Crippen molar-refractivity contribution in [2.24, 2.45) is 5.73 Å². The maximum atomic E-state index is 12.5. The van der Waals surface area contributed by atoms with Crippen LogP contribution in [0.4, 0.5) is 0 Å². The number of halogens is 1. The van der Waals surface area contributed by atoms with E-state index < -0.39 is 11.9 Å². The molecule has 3 rings (SSSR count). The van der Waals surface area contributed by atoms with Crippen LogP contribution in [0, 0.1) is 0 Å². The molecule has 1 atom stereocenters. The minimum absolute atomic E-state index is 0.0627. The zero-order valence-electron chi connectivity index (χ0n) is 17.5. The van der Waals surface area contributed by atoms with E-state index in [1.807, 2.05) is 65.4 Å². The van der Waals surface area contributed by atoms with E-state index in [-0.39, 0.29) is 18.0 Å². The van der Waals surface area contributed by atoms with Crippen molar-refractivity contribution in [2.75, 3.05) is 6.67 Å². The summed E-state index contributed by atoms with van der Waals surface area (Å²) in [6.07, 6.45) is 2.67. The molecule has 2 aromatic rings. The van der Waals surface area contributed by atoms with Gasteiger partial charge in [-0.1, -0.05) is 42.8 Å². The van der Waals surface area contributed by atoms with Crippen LogP contribution in [0.3, 0.4) is 0 Å². The summed E-state index contributed by atoms with van der Waals surface area (Å²) in [5.41, 5.74) is 7.72. The van der Waals surface area contributed by atoms with E-state index >= 15 is 0 Å². The molecule has 0 saturated carbocycles. The number of nitrogens with two attached hydrogens (primary N) is 1. The predicted octanol–water partition coefficient (Wildman–Crippen LogP) is 4.23. The summed E-state index contributed by atoms with van der Waals surface area (Å²) in [7, 11) is 0. The third-order valence-electron chi connectivity index (χ3n) is 5.40. The maximum absolute atomic E-state index is 12.5. The Hall–Kier alpha value is -2.77. The molecule has 0 fully saturated rings. The molecular formula is C23H26ClN3O3S. The lowest BCUT2D eigenvalue weighted by atomic mass is 10.1. The molecule has 0 bridgehead atoms. The van der Waals surface area contributed by atoms with Crippen molar-refractivity contribution in [3.63, 3.8) is 0 Å². The molecule has 31 heavy (non-hydrogen) atoms. The van der Waals surface area contributed by atoms with Gasteiger partial charge in [-0.25, -0.2) is 4.79 Å². The average Bonchev–Trinajstić information content (AvgIpc) is 3.36. The second-order valence-electron chi connectivity index (χ2n) is 7.49. The van der Waals surface area contributed by atoms with E-state index in [4.69, 9.17) is 17.3 Å². The first kappa shape index (κ1) is 22.9. The third-order valence-corrected chi connectivity index (χ3v) is 6.64. The number of rotatable bonds is 9. The molecule has 1 amide bonds. The summed E-state index contributed by atoms with van der Waals surface area (Å²) in [6, 6.07) is 11.3. The highest BCUT2D eigenvalue weighted by Gasteiger charge is 2.34. The number of carbonyl (C=O) groups excluding carboxylic acids is 1. The van der Waals surface area contributed by atoms with E-state index in [1.165, 1.54) is 11.3 Å². The number of hydrogen-bond acceptors (Lipinski definition) is 5. The van der Waals surface area contributed by atoms with Gasteiger partial charge in [-0.2, -0.15) is 0 Å². The van der Waals surface area contributed by atoms with E-state index in [9.17, 15) is 14.7 Å². The Morgan fingerprint density at radius 1 is 1.29 bits per heavy atom. The molecular weight excluding hydrogens is 434 g/mol. The second kappa shape index (κ2) is 10.0. The zero-order valence-corrected chi connectivity index (χ0v) is 19.1. The lowest BCUT2D eigenvalue weighted by Gasteiger charge is -2.28. The van der Waals surface area contributed by atoms with Crippen LogP contribution in [0.5, 0.6) is 0 Å². The first-order chi connectivity index (χ1) is 14.8. The quantitative estimate of drug-likeness (QED) is 0.548. The van der Waals surface area contributed by atoms with Gasteiger partial charge >= 0.3 is 5.97 Å². The van der Waals surface area contributed by atoms with Crippen molar-refractivity contribution in [1.29, 1.82) is 0 Å². The molecule has 1 aliphatic heterocycles. The molecule has 0 aliphatic carbocycles. The molecule has 1 aromatic heterocycles. The molecule has 6 nitrogen and oxygen atoms in total. The van der Waals surface area contributed by atoms with Crippen molar-refractivity contribution in [2.45, 2.75) is 39.3 Å². The van der Waals surface area contributed by atoms with Crippen LogP contribution in [-0.2, 0) is 22.6 Å². The summed E-state index contributed by atoms with van der Waals surface area (Å²) in [5, 5.41) is 12.4. The molecule has 8 heteroatoms. The van der Waals surface area contributed by atoms with Crippen LogP contribution < -0.4 is 5.73 Å². The average molecular weight is 460 g/mol. The van der Waals surface area contributed by atoms with E-state index in [0.717, 1.165) is 16.9 Å². The molecule has 0 radical (unpaired) electrons. The lowest BCUT2D eigenvalue weighted by molar-refractivity contribution is -0.132. The number of primary amides is 1. The van der Waals surface area contributed by atoms with Crippen molar-refractivity contribution < 1.29 is 14.7 Å². The van der Waals surface area contributed by atoms with Crippen molar-refractivity contribution in [3.05, 3.63) is 80.3 Å². The van der Waals surface area contributed by atoms with Gasteiger partial charge in [-0.15, -0.1) is 11.3 Å². The molecule has 164 valence electrons. The largest absolute Gasteiger partial charge is 0.478 e. The normalized spacial score (nSPS) is 15.5. The second-order valence-corrected chi connectivity index (χ2v) is 8.93. The van der Waals surface area contributed by atoms with Gasteiger partial charge in [0, 0.05) is 34.5 Å². The number of carboxylic acids is 1. The van der Waals surface area contributed by atoms with Crippen molar-refractivity contribution >= 4 is 34.8 Å². The molecule has 3 N–H and O–H groups in total. The minimum atomic E-state index is -1.02. The van der Waals surface area contributed by atoms with Crippen molar-refractivity contribution in [3.8, 4) is 0 Å². The summed E-state index contributed by atoms with van der Waals surface area (Å²) in [6.45, 7) is 4.92. The van der Waals surface area contributed by atoms with Gasteiger partial charge in [0.05, 0.1) is 12.4 Å². The maximum Gasteiger partial charge on any atom is 0.332 e. The number of allylic oxidation sites excluding steroid dienone is 1. The Kier molecular flexibility index (Phi) is 7.41. The summed E-state index contributed by atoms with van der Waals surface area (Å²) in [4.78, 5) is 29.3. The standard InChI is InChI=1S/C23H26ClN3O3S/c1-3-15(2)27-14-26(13-16-7-4-5-9-19(16)24)20(21(27)22(25)28)12-17(23(29)30)11-18-8-6-10-31-18/h4-10,12,15H,3,11,13-14H2,1-2H3,(H2,25,28)(H,29,30). The number of hydrogen-bond donors (Lipinski definition) is 2. The smallest absolute Gasteiger partial charge is 0.332 e. The molecule has 0 spiro atoms. The van der Waals surface area contributed by atoms with E-state index in [1.54, 1.807) is 6.08 Å². The van der Waals surface area contributed by atoms with Gasteiger partial charge in [0.1, 0.15) is 5.70 Å². The number of thiophene rings is 1. The molecule has 1 aromatic carbocycles. The van der Waals surface area contributed by atoms with E-state index in [0.29, 0.717) is 29.6 Å². The number of amides is 1. The van der Waals surface area contributed by atoms with Gasteiger partial charge in [0.15, 0.2) is 0 Å². The minimum Gasteiger partial charge on any atom is -0.478 e. The number of nitrogens with zero attached hydrogens (tertiary/aromatic N) is 2. The Morgan fingerprint density at radius 3 is 2.61 bits per heavy atom. The van der Waals surface area contributed by atoms with Gasteiger partial charge in [-0.3, -0.25) is 4.79 Å². The van der Waals surface area contributed by atoms with Crippen molar-refractivity contribution in [1.82, 2.24) is 9.80 Å². The Bertz CT molecular complexity index is 1020. The predicted molar refractivity (Wildman–Crippen MR) is 123 cm³/mol. The Labute approximate surface area is 191 Å². The molecule has 2 heterocycles. The highest BCUT2D eigenvalue weighted by Crippen LogP contribution is 2.32. The SMILES string of the molecule is CCC(C)N1CN(Cc2ccccc2Cl)C(C=C(Cc2cccs2)C(=O)O)=C1C(N)=O. The van der Waals surface area contributed by atoms with Crippen LogP contribution in [0.15, 0.2) is 64.8 Å². The number of aliphatic carboxylic acids is 1. The summed E-state index contributed by atoms with van der Waals surface area (Å²) < 4.78 is 0.